The van der Waals surface area contributed by atoms with Gasteiger partial charge in [0.1, 0.15) is 6.67 Å². The number of alkyl halides is 1. The molecule has 0 aromatic heterocycles. The molecular formula is C4H10FNO2. The van der Waals surface area contributed by atoms with E-state index in [1.807, 2.05) is 0 Å². The quantitative estimate of drug-likeness (QED) is 0.494. The van der Waals surface area contributed by atoms with Crippen LogP contribution in [0, 0.1) is 0 Å². The molecule has 0 saturated carbocycles. The van der Waals surface area contributed by atoms with Crippen molar-refractivity contribution in [3.05, 3.63) is 0 Å². The standard InChI is InChI=1S/C4H10FNO2/c1-8-6-3-4(7)2-5/h4,6-7H,2-3H2,1H3. The molecule has 2 N–H and O–H groups in total. The molecule has 0 fully saturated rings. The van der Waals surface area contributed by atoms with Gasteiger partial charge in [-0.15, -0.1) is 0 Å². The highest BCUT2D eigenvalue weighted by atomic mass is 19.1. The second-order valence-electron chi connectivity index (χ2n) is 1.36. The zero-order chi connectivity index (χ0) is 6.41. The van der Waals surface area contributed by atoms with Gasteiger partial charge in [-0.1, -0.05) is 0 Å². The molecule has 3 nitrogen and oxygen atoms in total. The Balaban J connectivity index is 2.86. The number of aliphatic hydroxyl groups excluding tert-OH is 1. The lowest BCUT2D eigenvalue weighted by atomic mass is 10.4. The second kappa shape index (κ2) is 4.96. The van der Waals surface area contributed by atoms with Gasteiger partial charge in [-0.3, -0.25) is 0 Å². The third-order valence-electron chi connectivity index (χ3n) is 0.641. The van der Waals surface area contributed by atoms with Gasteiger partial charge in [-0.25, -0.2) is 9.87 Å². The maximum Gasteiger partial charge on any atom is 0.117 e. The molecule has 1 atom stereocenters. The molecular weight excluding hydrogens is 113 g/mol. The van der Waals surface area contributed by atoms with Crippen LogP contribution in [-0.2, 0) is 4.84 Å². The summed E-state index contributed by atoms with van der Waals surface area (Å²) in [7, 11) is 1.41. The smallest absolute Gasteiger partial charge is 0.117 e. The summed E-state index contributed by atoms with van der Waals surface area (Å²) < 4.78 is 11.4. The van der Waals surface area contributed by atoms with E-state index in [2.05, 4.69) is 10.3 Å². The van der Waals surface area contributed by atoms with Gasteiger partial charge in [0, 0.05) is 6.54 Å². The molecule has 0 amide bonds. The number of hydrogen-bond acceptors (Lipinski definition) is 3. The minimum Gasteiger partial charge on any atom is -0.389 e. The molecule has 8 heavy (non-hydrogen) atoms. The van der Waals surface area contributed by atoms with Crippen molar-refractivity contribution in [1.29, 1.82) is 0 Å². The van der Waals surface area contributed by atoms with Gasteiger partial charge >= 0.3 is 0 Å². The number of rotatable bonds is 4. The third-order valence-corrected chi connectivity index (χ3v) is 0.641. The van der Waals surface area contributed by atoms with Crippen molar-refractivity contribution in [3.63, 3.8) is 0 Å². The zero-order valence-corrected chi connectivity index (χ0v) is 4.72. The molecule has 4 heteroatoms. The number of hydroxylamine groups is 1. The topological polar surface area (TPSA) is 41.5 Å². The lowest BCUT2D eigenvalue weighted by Crippen LogP contribution is -2.27. The summed E-state index contributed by atoms with van der Waals surface area (Å²) in [6.07, 6.45) is -0.949. The van der Waals surface area contributed by atoms with Crippen LogP contribution >= 0.6 is 0 Å². The van der Waals surface area contributed by atoms with Crippen LogP contribution in [0.2, 0.25) is 0 Å². The molecule has 0 saturated heterocycles. The molecule has 0 spiro atoms. The van der Waals surface area contributed by atoms with Crippen molar-refractivity contribution in [2.24, 2.45) is 0 Å². The van der Waals surface area contributed by atoms with Gasteiger partial charge in [0.25, 0.3) is 0 Å². The fraction of sp³-hybridized carbons (Fsp3) is 1.00. The van der Waals surface area contributed by atoms with Crippen LogP contribution in [0.25, 0.3) is 0 Å². The van der Waals surface area contributed by atoms with Crippen LogP contribution in [0.1, 0.15) is 0 Å². The van der Waals surface area contributed by atoms with Gasteiger partial charge in [-0.05, 0) is 0 Å². The third kappa shape index (κ3) is 3.98. The first-order chi connectivity index (χ1) is 3.81. The average molecular weight is 123 g/mol. The van der Waals surface area contributed by atoms with Crippen LogP contribution in [0.15, 0.2) is 0 Å². The highest BCUT2D eigenvalue weighted by Gasteiger charge is 1.99. The molecule has 0 radical (unpaired) electrons. The monoisotopic (exact) mass is 123 g/mol. The normalized spacial score (nSPS) is 13.9. The Morgan fingerprint density at radius 3 is 2.88 bits per heavy atom. The summed E-state index contributed by atoms with van der Waals surface area (Å²) in [6.45, 7) is -0.608. The fourth-order valence-electron chi connectivity index (χ4n) is 0.234. The van der Waals surface area contributed by atoms with E-state index in [4.69, 9.17) is 5.11 Å². The van der Waals surface area contributed by atoms with E-state index in [1.54, 1.807) is 0 Å². The Bertz CT molecular complexity index is 53.3. The lowest BCUT2D eigenvalue weighted by Gasteiger charge is -2.03. The largest absolute Gasteiger partial charge is 0.389 e. The van der Waals surface area contributed by atoms with Crippen molar-refractivity contribution in [2.75, 3.05) is 20.3 Å². The van der Waals surface area contributed by atoms with Crippen molar-refractivity contribution in [2.45, 2.75) is 6.10 Å². The Morgan fingerprint density at radius 2 is 2.50 bits per heavy atom. The molecule has 0 heterocycles. The predicted molar refractivity (Wildman–Crippen MR) is 27.0 cm³/mol. The summed E-state index contributed by atoms with van der Waals surface area (Å²) in [5.41, 5.74) is 2.31. The van der Waals surface area contributed by atoms with Crippen molar-refractivity contribution < 1.29 is 14.3 Å². The van der Waals surface area contributed by atoms with Crippen LogP contribution in [-0.4, -0.2) is 31.5 Å². The van der Waals surface area contributed by atoms with Gasteiger partial charge < -0.3 is 9.94 Å². The Labute approximate surface area is 47.4 Å². The number of halogens is 1. The molecule has 0 bridgehead atoms. The van der Waals surface area contributed by atoms with Gasteiger partial charge in [0.05, 0.1) is 13.2 Å². The molecule has 0 aliphatic rings. The molecule has 0 rings (SSSR count). The first kappa shape index (κ1) is 7.81. The minimum atomic E-state index is -0.949. The molecule has 50 valence electrons. The van der Waals surface area contributed by atoms with Crippen molar-refractivity contribution >= 4 is 0 Å². The van der Waals surface area contributed by atoms with Crippen molar-refractivity contribution in [3.8, 4) is 0 Å². The summed E-state index contributed by atoms with van der Waals surface area (Å²) in [6, 6.07) is 0. The summed E-state index contributed by atoms with van der Waals surface area (Å²) >= 11 is 0. The van der Waals surface area contributed by atoms with E-state index < -0.39 is 12.8 Å². The lowest BCUT2D eigenvalue weighted by molar-refractivity contribution is 0.0416. The molecule has 0 aromatic rings. The van der Waals surface area contributed by atoms with Gasteiger partial charge in [0.2, 0.25) is 0 Å². The van der Waals surface area contributed by atoms with E-state index in [9.17, 15) is 4.39 Å². The highest BCUT2D eigenvalue weighted by Crippen LogP contribution is 1.79. The molecule has 0 aromatic carbocycles. The predicted octanol–water partition coefficient (Wildman–Crippen LogP) is -0.532. The number of hydrogen-bond donors (Lipinski definition) is 2. The van der Waals surface area contributed by atoms with E-state index in [0.29, 0.717) is 0 Å². The summed E-state index contributed by atoms with van der Waals surface area (Å²) in [5.74, 6) is 0. The second-order valence-corrected chi connectivity index (χ2v) is 1.36. The van der Waals surface area contributed by atoms with Gasteiger partial charge in [-0.2, -0.15) is 0 Å². The van der Waals surface area contributed by atoms with E-state index in [-0.39, 0.29) is 6.54 Å². The Hall–Kier alpha value is -0.190. The highest BCUT2D eigenvalue weighted by molar-refractivity contribution is 4.50. The maximum absolute atomic E-state index is 11.4. The minimum absolute atomic E-state index is 0.132. The molecule has 1 unspecified atom stereocenters. The molecule has 0 aliphatic carbocycles. The zero-order valence-electron chi connectivity index (χ0n) is 4.72. The Morgan fingerprint density at radius 1 is 1.88 bits per heavy atom. The van der Waals surface area contributed by atoms with E-state index in [1.165, 1.54) is 7.11 Å². The summed E-state index contributed by atoms with van der Waals surface area (Å²) in [5, 5.41) is 8.47. The summed E-state index contributed by atoms with van der Waals surface area (Å²) in [4.78, 5) is 4.34. The van der Waals surface area contributed by atoms with Crippen LogP contribution in [0.3, 0.4) is 0 Å². The van der Waals surface area contributed by atoms with Crippen LogP contribution < -0.4 is 5.48 Å². The number of nitrogens with one attached hydrogen (secondary N) is 1. The molecule has 0 aliphatic heterocycles. The SMILES string of the molecule is CONCC(O)CF. The van der Waals surface area contributed by atoms with Crippen LogP contribution in [0.4, 0.5) is 4.39 Å². The Kier molecular flexibility index (Phi) is 4.84. The first-order valence-electron chi connectivity index (χ1n) is 2.31. The fourth-order valence-corrected chi connectivity index (χ4v) is 0.234. The van der Waals surface area contributed by atoms with Gasteiger partial charge in [0.15, 0.2) is 0 Å². The average Bonchev–Trinajstić information content (AvgIpc) is 1.83. The van der Waals surface area contributed by atoms with E-state index >= 15 is 0 Å². The van der Waals surface area contributed by atoms with Crippen molar-refractivity contribution in [1.82, 2.24) is 5.48 Å². The first-order valence-corrected chi connectivity index (χ1v) is 2.31. The van der Waals surface area contributed by atoms with E-state index in [0.717, 1.165) is 0 Å². The maximum atomic E-state index is 11.4. The number of aliphatic hydroxyl groups is 1. The van der Waals surface area contributed by atoms with Crippen LogP contribution in [0.5, 0.6) is 0 Å².